The average Bonchev–Trinajstić information content (AvgIpc) is 3.09. The Morgan fingerprint density at radius 1 is 1.41 bits per heavy atom. The molecule has 1 aliphatic rings. The van der Waals surface area contributed by atoms with Crippen LogP contribution >= 0.6 is 11.6 Å². The topological polar surface area (TPSA) is 99.9 Å². The lowest BCUT2D eigenvalue weighted by Crippen LogP contribution is -2.28. The molecule has 3 rings (SSSR count). The first-order valence-electron chi connectivity index (χ1n) is 7.09. The van der Waals surface area contributed by atoms with Crippen LogP contribution in [0.5, 0.6) is 0 Å². The van der Waals surface area contributed by atoms with Crippen molar-refractivity contribution in [3.8, 4) is 0 Å². The number of nitrogens with zero attached hydrogens (tertiary/aromatic N) is 3. The van der Waals surface area contributed by atoms with E-state index in [4.69, 9.17) is 17.3 Å². The molecule has 1 amide bonds. The molecule has 0 atom stereocenters. The predicted molar refractivity (Wildman–Crippen MR) is 85.4 cm³/mol. The summed E-state index contributed by atoms with van der Waals surface area (Å²) in [6, 6.07) is 3.55. The van der Waals surface area contributed by atoms with Crippen molar-refractivity contribution in [1.82, 2.24) is 20.1 Å². The van der Waals surface area contributed by atoms with Crippen molar-refractivity contribution in [2.75, 3.05) is 24.1 Å². The van der Waals surface area contributed by atoms with Crippen molar-refractivity contribution < 1.29 is 4.79 Å². The quantitative estimate of drug-likeness (QED) is 0.806. The van der Waals surface area contributed by atoms with E-state index >= 15 is 0 Å². The molecule has 0 saturated carbocycles. The zero-order chi connectivity index (χ0) is 15.7. The van der Waals surface area contributed by atoms with Gasteiger partial charge in [-0.1, -0.05) is 11.6 Å². The van der Waals surface area contributed by atoms with Gasteiger partial charge in [0.25, 0.3) is 5.91 Å². The van der Waals surface area contributed by atoms with Gasteiger partial charge in [0.05, 0.1) is 10.6 Å². The third-order valence-electron chi connectivity index (χ3n) is 3.65. The monoisotopic (exact) mass is 320 g/mol. The normalized spacial score (nSPS) is 14.4. The number of nitrogens with two attached hydrogens (primary N) is 1. The molecule has 2 aromatic rings. The molecular weight excluding hydrogens is 304 g/mol. The number of hydrogen-bond donors (Lipinski definition) is 3. The second-order valence-electron chi connectivity index (χ2n) is 5.32. The van der Waals surface area contributed by atoms with E-state index in [1.807, 2.05) is 17.9 Å². The number of aromatic nitrogens is 3. The molecular formula is C14H17ClN6O. The third kappa shape index (κ3) is 2.85. The van der Waals surface area contributed by atoms with Gasteiger partial charge in [-0.25, -0.2) is 5.10 Å². The summed E-state index contributed by atoms with van der Waals surface area (Å²) in [7, 11) is 0. The van der Waals surface area contributed by atoms with Crippen LogP contribution in [-0.2, 0) is 0 Å². The smallest absolute Gasteiger partial charge is 0.255 e. The Morgan fingerprint density at radius 3 is 2.73 bits per heavy atom. The van der Waals surface area contributed by atoms with Gasteiger partial charge in [0.2, 0.25) is 11.9 Å². The molecule has 7 nitrogen and oxygen atoms in total. The van der Waals surface area contributed by atoms with Crippen LogP contribution in [0, 0.1) is 6.92 Å². The summed E-state index contributed by atoms with van der Waals surface area (Å²) in [6.45, 7) is 3.46. The van der Waals surface area contributed by atoms with Gasteiger partial charge in [-0.2, -0.15) is 4.98 Å². The molecule has 0 radical (unpaired) electrons. The van der Waals surface area contributed by atoms with E-state index in [1.54, 1.807) is 6.07 Å². The number of carbonyl (C=O) groups is 1. The van der Waals surface area contributed by atoms with Crippen LogP contribution in [-0.4, -0.2) is 39.1 Å². The number of anilines is 3. The first-order valence-corrected chi connectivity index (χ1v) is 7.46. The van der Waals surface area contributed by atoms with Crippen LogP contribution in [0.3, 0.4) is 0 Å². The number of benzene rings is 1. The SMILES string of the molecule is Cc1cc(Nc2n[nH]c(N)n2)cc(Cl)c1C(=O)N1CCCC1. The third-order valence-corrected chi connectivity index (χ3v) is 3.95. The molecule has 1 aromatic carbocycles. The van der Waals surface area contributed by atoms with Gasteiger partial charge in [-0.15, -0.1) is 5.10 Å². The van der Waals surface area contributed by atoms with Crippen molar-refractivity contribution >= 4 is 35.1 Å². The number of amides is 1. The molecule has 8 heteroatoms. The second kappa shape index (κ2) is 5.84. The van der Waals surface area contributed by atoms with Crippen LogP contribution in [0.2, 0.25) is 5.02 Å². The highest BCUT2D eigenvalue weighted by Crippen LogP contribution is 2.28. The zero-order valence-electron chi connectivity index (χ0n) is 12.2. The van der Waals surface area contributed by atoms with Gasteiger partial charge < -0.3 is 16.0 Å². The van der Waals surface area contributed by atoms with E-state index in [0.29, 0.717) is 22.2 Å². The summed E-state index contributed by atoms with van der Waals surface area (Å²) in [5.74, 6) is 0.575. The predicted octanol–water partition coefficient (Wildman–Crippen LogP) is 2.33. The summed E-state index contributed by atoms with van der Waals surface area (Å²) < 4.78 is 0. The molecule has 1 aromatic heterocycles. The standard InChI is InChI=1S/C14H17ClN6O/c1-8-6-9(17-14-18-13(16)19-20-14)7-10(15)11(8)12(22)21-4-2-3-5-21/h6-7H,2-5H2,1H3,(H4,16,17,18,19,20). The van der Waals surface area contributed by atoms with E-state index in [1.165, 1.54) is 0 Å². The van der Waals surface area contributed by atoms with E-state index < -0.39 is 0 Å². The van der Waals surface area contributed by atoms with Crippen LogP contribution in [0.4, 0.5) is 17.6 Å². The van der Waals surface area contributed by atoms with Crippen LogP contribution in [0.15, 0.2) is 12.1 Å². The number of aryl methyl sites for hydroxylation is 1. The van der Waals surface area contributed by atoms with Crippen LogP contribution in [0.1, 0.15) is 28.8 Å². The first-order chi connectivity index (χ1) is 10.5. The largest absolute Gasteiger partial charge is 0.368 e. The highest BCUT2D eigenvalue weighted by Gasteiger charge is 2.23. The number of halogens is 1. The van der Waals surface area contributed by atoms with Gasteiger partial charge in [0, 0.05) is 18.8 Å². The molecule has 1 saturated heterocycles. The molecule has 1 fully saturated rings. The molecule has 0 aliphatic carbocycles. The number of H-pyrrole nitrogens is 1. The minimum absolute atomic E-state index is 0.00584. The van der Waals surface area contributed by atoms with Crippen molar-refractivity contribution in [3.63, 3.8) is 0 Å². The Hall–Kier alpha value is -2.28. The Morgan fingerprint density at radius 2 is 2.14 bits per heavy atom. The Kier molecular flexibility index (Phi) is 3.89. The summed E-state index contributed by atoms with van der Waals surface area (Å²) >= 11 is 6.32. The maximum absolute atomic E-state index is 12.5. The molecule has 116 valence electrons. The van der Waals surface area contributed by atoms with Crippen molar-refractivity contribution in [1.29, 1.82) is 0 Å². The van der Waals surface area contributed by atoms with Crippen molar-refractivity contribution in [2.24, 2.45) is 0 Å². The van der Waals surface area contributed by atoms with Gasteiger partial charge >= 0.3 is 0 Å². The molecule has 22 heavy (non-hydrogen) atoms. The summed E-state index contributed by atoms with van der Waals surface area (Å²) in [5, 5.41) is 9.86. The van der Waals surface area contributed by atoms with Gasteiger partial charge in [0.1, 0.15) is 0 Å². The number of rotatable bonds is 3. The number of nitrogen functional groups attached to an aromatic ring is 1. The summed E-state index contributed by atoms with van der Waals surface area (Å²) in [5.41, 5.74) is 7.56. The van der Waals surface area contributed by atoms with Crippen molar-refractivity contribution in [3.05, 3.63) is 28.3 Å². The molecule has 4 N–H and O–H groups in total. The van der Waals surface area contributed by atoms with Crippen molar-refractivity contribution in [2.45, 2.75) is 19.8 Å². The fraction of sp³-hybridized carbons (Fsp3) is 0.357. The molecule has 0 bridgehead atoms. The van der Waals surface area contributed by atoms with Crippen LogP contribution in [0.25, 0.3) is 0 Å². The highest BCUT2D eigenvalue weighted by atomic mass is 35.5. The second-order valence-corrected chi connectivity index (χ2v) is 5.73. The number of hydrogen-bond acceptors (Lipinski definition) is 5. The fourth-order valence-corrected chi connectivity index (χ4v) is 2.97. The van der Waals surface area contributed by atoms with E-state index in [-0.39, 0.29) is 11.9 Å². The lowest BCUT2D eigenvalue weighted by atomic mass is 10.1. The summed E-state index contributed by atoms with van der Waals surface area (Å²) in [6.07, 6.45) is 2.10. The Bertz CT molecular complexity index is 684. The maximum atomic E-state index is 12.5. The van der Waals surface area contributed by atoms with Gasteiger partial charge in [0.15, 0.2) is 0 Å². The molecule has 0 unspecified atom stereocenters. The Balaban J connectivity index is 1.86. The minimum atomic E-state index is -0.00584. The van der Waals surface area contributed by atoms with E-state index in [0.717, 1.165) is 31.5 Å². The maximum Gasteiger partial charge on any atom is 0.255 e. The highest BCUT2D eigenvalue weighted by molar-refractivity contribution is 6.34. The lowest BCUT2D eigenvalue weighted by Gasteiger charge is -2.18. The number of aromatic amines is 1. The lowest BCUT2D eigenvalue weighted by molar-refractivity contribution is 0.0792. The van der Waals surface area contributed by atoms with Crippen LogP contribution < -0.4 is 11.1 Å². The van der Waals surface area contributed by atoms with E-state index in [9.17, 15) is 4.79 Å². The molecule has 0 spiro atoms. The number of likely N-dealkylation sites (tertiary alicyclic amines) is 1. The molecule has 2 heterocycles. The fourth-order valence-electron chi connectivity index (χ4n) is 2.62. The zero-order valence-corrected chi connectivity index (χ0v) is 12.9. The number of carbonyl (C=O) groups excluding carboxylic acids is 1. The Labute approximate surface area is 132 Å². The average molecular weight is 321 g/mol. The van der Waals surface area contributed by atoms with E-state index in [2.05, 4.69) is 20.5 Å². The molecule has 1 aliphatic heterocycles. The summed E-state index contributed by atoms with van der Waals surface area (Å²) in [4.78, 5) is 18.3. The first kappa shape index (κ1) is 14.6. The minimum Gasteiger partial charge on any atom is -0.368 e. The number of nitrogens with one attached hydrogen (secondary N) is 2. The van der Waals surface area contributed by atoms with Gasteiger partial charge in [-0.3, -0.25) is 4.79 Å². The van der Waals surface area contributed by atoms with Gasteiger partial charge in [-0.05, 0) is 37.5 Å².